The van der Waals surface area contributed by atoms with E-state index < -0.39 is 0 Å². The molecule has 0 radical (unpaired) electrons. The second-order valence-electron chi connectivity index (χ2n) is 2.49. The highest BCUT2D eigenvalue weighted by atomic mass is 14.0. The van der Waals surface area contributed by atoms with Crippen LogP contribution in [0, 0.1) is 11.8 Å². The maximum absolute atomic E-state index is 2.24. The minimum absolute atomic E-state index is 0.852. The van der Waals surface area contributed by atoms with Gasteiger partial charge in [-0.3, -0.25) is 0 Å². The fourth-order valence-corrected chi connectivity index (χ4v) is 0. The lowest BCUT2D eigenvalue weighted by Crippen LogP contribution is -1.95. The Morgan fingerprint density at radius 1 is 0.312 bits per heavy atom. The number of hydrogen-bond donors (Lipinski definition) is 0. The molecule has 0 saturated carbocycles. The predicted octanol–water partition coefficient (Wildman–Crippen LogP) is 7.43. The summed E-state index contributed by atoms with van der Waals surface area (Å²) in [5, 5.41) is 0. The topological polar surface area (TPSA) is 0 Å². The van der Waals surface area contributed by atoms with Gasteiger partial charge in [-0.15, -0.1) is 0 Å². The summed E-state index contributed by atoms with van der Waals surface area (Å²) in [6.07, 6.45) is 0. The number of hydrogen-bond acceptors (Lipinski definition) is 0. The van der Waals surface area contributed by atoms with Crippen molar-refractivity contribution in [1.82, 2.24) is 0 Å². The van der Waals surface area contributed by atoms with Crippen molar-refractivity contribution < 1.29 is 0 Å². The van der Waals surface area contributed by atoms with E-state index >= 15 is 0 Å². The van der Waals surface area contributed by atoms with Crippen molar-refractivity contribution in [2.45, 2.75) is 96.9 Å². The van der Waals surface area contributed by atoms with E-state index in [2.05, 4.69) is 27.7 Å². The Balaban J connectivity index is -0.0000000214. The molecule has 0 aliphatic heterocycles. The standard InChI is InChI=1S/C6H14.5C2H6/c1-5(2)6(3)4;5*1-2/h5-6H,1-4H3;5*1-2H3. The van der Waals surface area contributed by atoms with Gasteiger partial charge in [0, 0.05) is 0 Å². The van der Waals surface area contributed by atoms with Crippen LogP contribution in [0.25, 0.3) is 0 Å². The Morgan fingerprint density at radius 2 is 0.375 bits per heavy atom. The van der Waals surface area contributed by atoms with Gasteiger partial charge in [0.15, 0.2) is 0 Å². The first-order chi connectivity index (χ1) is 7.64. The summed E-state index contributed by atoms with van der Waals surface area (Å²) in [6, 6.07) is 0. The highest BCUT2D eigenvalue weighted by Crippen LogP contribution is 2.05. The summed E-state index contributed by atoms with van der Waals surface area (Å²) in [6.45, 7) is 29.0. The summed E-state index contributed by atoms with van der Waals surface area (Å²) >= 11 is 0. The van der Waals surface area contributed by atoms with E-state index in [4.69, 9.17) is 0 Å². The summed E-state index contributed by atoms with van der Waals surface area (Å²) in [7, 11) is 0. The van der Waals surface area contributed by atoms with Crippen LogP contribution in [-0.4, -0.2) is 0 Å². The normalized spacial score (nSPS) is 6.00. The molecule has 0 amide bonds. The monoisotopic (exact) mass is 236 g/mol. The fraction of sp³-hybridized carbons (Fsp3) is 1.00. The van der Waals surface area contributed by atoms with Crippen LogP contribution in [-0.2, 0) is 0 Å². The minimum atomic E-state index is 0.852. The van der Waals surface area contributed by atoms with Crippen molar-refractivity contribution in [3.05, 3.63) is 0 Å². The van der Waals surface area contributed by atoms with Gasteiger partial charge in [0.25, 0.3) is 0 Å². The third-order valence-electron chi connectivity index (χ3n) is 1.33. The molecular formula is C16H44. The number of rotatable bonds is 1. The van der Waals surface area contributed by atoms with Crippen LogP contribution in [0.5, 0.6) is 0 Å². The molecule has 0 aliphatic carbocycles. The van der Waals surface area contributed by atoms with Gasteiger partial charge in [0.05, 0.1) is 0 Å². The van der Waals surface area contributed by atoms with Gasteiger partial charge in [0.2, 0.25) is 0 Å². The molecule has 0 aromatic heterocycles. The average molecular weight is 237 g/mol. The molecular weight excluding hydrogens is 192 g/mol. The molecule has 0 N–H and O–H groups in total. The van der Waals surface area contributed by atoms with Crippen LogP contribution >= 0.6 is 0 Å². The van der Waals surface area contributed by atoms with Gasteiger partial charge in [-0.25, -0.2) is 0 Å². The molecule has 0 aromatic rings. The highest BCUT2D eigenvalue weighted by molar-refractivity contribution is 4.46. The van der Waals surface area contributed by atoms with Crippen molar-refractivity contribution >= 4 is 0 Å². The van der Waals surface area contributed by atoms with Crippen molar-refractivity contribution in [3.8, 4) is 0 Å². The largest absolute Gasteiger partial charge is 0.0683 e. The van der Waals surface area contributed by atoms with E-state index in [9.17, 15) is 0 Å². The Bertz CT molecular complexity index is 21.0. The zero-order chi connectivity index (χ0) is 15.2. The van der Waals surface area contributed by atoms with E-state index in [1.54, 1.807) is 0 Å². The lowest BCUT2D eigenvalue weighted by Gasteiger charge is -2.05. The molecule has 0 rings (SSSR count). The maximum atomic E-state index is 2.24. The van der Waals surface area contributed by atoms with Crippen LogP contribution in [0.3, 0.4) is 0 Å². The van der Waals surface area contributed by atoms with Crippen LogP contribution in [0.1, 0.15) is 96.9 Å². The Kier molecular flexibility index (Phi) is 184. The second kappa shape index (κ2) is 81.7. The molecule has 0 unspecified atom stereocenters. The summed E-state index contributed by atoms with van der Waals surface area (Å²) in [5.41, 5.74) is 0. The van der Waals surface area contributed by atoms with Crippen molar-refractivity contribution in [1.29, 1.82) is 0 Å². The molecule has 108 valence electrons. The molecule has 0 bridgehead atoms. The molecule has 0 fully saturated rings. The van der Waals surface area contributed by atoms with Crippen LogP contribution in [0.2, 0.25) is 0 Å². The predicted molar refractivity (Wildman–Crippen MR) is 86.4 cm³/mol. The van der Waals surface area contributed by atoms with Crippen LogP contribution in [0.15, 0.2) is 0 Å². The molecule has 0 heteroatoms. The molecule has 0 spiro atoms. The molecule has 0 saturated heterocycles. The Morgan fingerprint density at radius 3 is 0.375 bits per heavy atom. The lowest BCUT2D eigenvalue weighted by molar-refractivity contribution is 0.457. The van der Waals surface area contributed by atoms with Crippen molar-refractivity contribution in [3.63, 3.8) is 0 Å². The first-order valence-electron chi connectivity index (χ1n) is 7.64. The van der Waals surface area contributed by atoms with Gasteiger partial charge >= 0.3 is 0 Å². The van der Waals surface area contributed by atoms with Crippen molar-refractivity contribution in [2.75, 3.05) is 0 Å². The SMILES string of the molecule is CC.CC.CC.CC.CC.CC(C)C(C)C. The van der Waals surface area contributed by atoms with E-state index in [-0.39, 0.29) is 0 Å². The first-order valence-corrected chi connectivity index (χ1v) is 7.64. The minimum Gasteiger partial charge on any atom is -0.0683 e. The van der Waals surface area contributed by atoms with E-state index in [1.807, 2.05) is 69.2 Å². The third-order valence-corrected chi connectivity index (χ3v) is 1.33. The Hall–Kier alpha value is 0. The van der Waals surface area contributed by atoms with Gasteiger partial charge in [0.1, 0.15) is 0 Å². The van der Waals surface area contributed by atoms with Gasteiger partial charge in [-0.05, 0) is 11.8 Å². The maximum Gasteiger partial charge on any atom is -0.0448 e. The van der Waals surface area contributed by atoms with Gasteiger partial charge in [-0.2, -0.15) is 0 Å². The van der Waals surface area contributed by atoms with Crippen molar-refractivity contribution in [2.24, 2.45) is 11.8 Å². The average Bonchev–Trinajstić information content (AvgIpc) is 2.41. The quantitative estimate of drug-likeness (QED) is 0.444. The Labute approximate surface area is 109 Å². The van der Waals surface area contributed by atoms with Crippen LogP contribution in [0.4, 0.5) is 0 Å². The van der Waals surface area contributed by atoms with E-state index in [0.29, 0.717) is 0 Å². The molecule has 16 heavy (non-hydrogen) atoms. The molecule has 0 aromatic carbocycles. The summed E-state index contributed by atoms with van der Waals surface area (Å²) < 4.78 is 0. The smallest absolute Gasteiger partial charge is 0.0448 e. The summed E-state index contributed by atoms with van der Waals surface area (Å²) in [4.78, 5) is 0. The van der Waals surface area contributed by atoms with E-state index in [1.165, 1.54) is 0 Å². The highest BCUT2D eigenvalue weighted by Gasteiger charge is 1.95. The zero-order valence-electron chi connectivity index (χ0n) is 15.2. The molecule has 0 nitrogen and oxygen atoms in total. The lowest BCUT2D eigenvalue weighted by atomic mass is 10.0. The molecule has 0 atom stereocenters. The molecule has 0 aliphatic rings. The zero-order valence-corrected chi connectivity index (χ0v) is 15.2. The van der Waals surface area contributed by atoms with Gasteiger partial charge in [-0.1, -0.05) is 96.9 Å². The third kappa shape index (κ3) is 148. The van der Waals surface area contributed by atoms with Gasteiger partial charge < -0.3 is 0 Å². The second-order valence-corrected chi connectivity index (χ2v) is 2.49. The first kappa shape index (κ1) is 36.0. The van der Waals surface area contributed by atoms with E-state index in [0.717, 1.165) is 11.8 Å². The summed E-state index contributed by atoms with van der Waals surface area (Å²) in [5.74, 6) is 1.70. The van der Waals surface area contributed by atoms with Crippen LogP contribution < -0.4 is 0 Å². The fourth-order valence-electron chi connectivity index (χ4n) is 0. The molecule has 0 heterocycles.